The van der Waals surface area contributed by atoms with Crippen molar-refractivity contribution < 1.29 is 9.53 Å². The van der Waals surface area contributed by atoms with Gasteiger partial charge >= 0.3 is 5.97 Å². The number of nitriles is 1. The lowest BCUT2D eigenvalue weighted by atomic mass is 9.86. The van der Waals surface area contributed by atoms with Gasteiger partial charge in [0.15, 0.2) is 5.69 Å². The topological polar surface area (TPSA) is 106 Å². The lowest BCUT2D eigenvalue weighted by Gasteiger charge is -2.21. The Morgan fingerprint density at radius 3 is 2.67 bits per heavy atom. The van der Waals surface area contributed by atoms with Crippen LogP contribution in [0.25, 0.3) is 5.69 Å². The molecular formula is C22H24N6O2. The number of nitrogens with one attached hydrogen (secondary N) is 1. The number of anilines is 2. The largest absolute Gasteiger partial charge is 0.461 e. The number of nitrogens with zero attached hydrogens (tertiary/aromatic N) is 5. The van der Waals surface area contributed by atoms with E-state index in [4.69, 9.17) is 4.74 Å². The average molecular weight is 404 g/mol. The van der Waals surface area contributed by atoms with Crippen molar-refractivity contribution in [3.63, 3.8) is 0 Å². The van der Waals surface area contributed by atoms with E-state index in [-0.39, 0.29) is 17.7 Å². The normalized spacial score (nSPS) is 11.1. The van der Waals surface area contributed by atoms with Crippen LogP contribution in [0.3, 0.4) is 0 Å². The van der Waals surface area contributed by atoms with Crippen LogP contribution in [0.4, 0.5) is 11.4 Å². The van der Waals surface area contributed by atoms with Crippen LogP contribution >= 0.6 is 0 Å². The Bertz CT molecular complexity index is 1120. The standard InChI is InChI=1S/C22H24N6O2/c1-6-30-21(29)19-13-28(27-26-19)20-10-18(12-24-14(20)2)25-17-8-15(11-23)7-16(9-17)22(3,4)5/h7-10,12-13,25H,6H2,1-5H3. The van der Waals surface area contributed by atoms with Crippen LogP contribution in [-0.4, -0.2) is 32.6 Å². The molecule has 8 heteroatoms. The molecule has 1 aromatic carbocycles. The van der Waals surface area contributed by atoms with Crippen LogP contribution in [0.2, 0.25) is 0 Å². The van der Waals surface area contributed by atoms with Crippen LogP contribution in [0.15, 0.2) is 36.7 Å². The van der Waals surface area contributed by atoms with E-state index in [9.17, 15) is 10.1 Å². The summed E-state index contributed by atoms with van der Waals surface area (Å²) in [6.07, 6.45) is 3.22. The third kappa shape index (κ3) is 4.63. The molecule has 8 nitrogen and oxygen atoms in total. The van der Waals surface area contributed by atoms with Crippen LogP contribution in [0.1, 0.15) is 55.0 Å². The molecule has 0 unspecified atom stereocenters. The van der Waals surface area contributed by atoms with Gasteiger partial charge in [0.1, 0.15) is 0 Å². The highest BCUT2D eigenvalue weighted by molar-refractivity contribution is 5.86. The molecule has 0 aliphatic carbocycles. The second-order valence-electron chi connectivity index (χ2n) is 7.88. The van der Waals surface area contributed by atoms with Crippen molar-refractivity contribution >= 4 is 17.3 Å². The minimum absolute atomic E-state index is 0.0931. The molecule has 1 N–H and O–H groups in total. The van der Waals surface area contributed by atoms with Crippen molar-refractivity contribution in [1.82, 2.24) is 20.0 Å². The Hall–Kier alpha value is -3.73. The van der Waals surface area contributed by atoms with Gasteiger partial charge < -0.3 is 10.1 Å². The highest BCUT2D eigenvalue weighted by atomic mass is 16.5. The Labute approximate surface area is 175 Å². The van der Waals surface area contributed by atoms with Crippen LogP contribution in [-0.2, 0) is 10.2 Å². The van der Waals surface area contributed by atoms with Crippen LogP contribution < -0.4 is 5.32 Å². The smallest absolute Gasteiger partial charge is 0.360 e. The maximum atomic E-state index is 11.9. The van der Waals surface area contributed by atoms with Gasteiger partial charge in [0.05, 0.1) is 47.7 Å². The third-order valence-corrected chi connectivity index (χ3v) is 4.50. The van der Waals surface area contributed by atoms with Gasteiger partial charge in [0.25, 0.3) is 0 Å². The maximum absolute atomic E-state index is 11.9. The second kappa shape index (κ2) is 8.33. The zero-order valence-electron chi connectivity index (χ0n) is 17.7. The monoisotopic (exact) mass is 404 g/mol. The molecule has 0 spiro atoms. The Kier molecular flexibility index (Phi) is 5.83. The molecule has 154 valence electrons. The van der Waals surface area contributed by atoms with E-state index < -0.39 is 5.97 Å². The predicted octanol–water partition coefficient (Wildman–Crippen LogP) is 4.06. The number of ether oxygens (including phenoxy) is 1. The first-order valence-electron chi connectivity index (χ1n) is 9.60. The number of esters is 1. The summed E-state index contributed by atoms with van der Waals surface area (Å²) in [7, 11) is 0. The number of aryl methyl sites for hydroxylation is 1. The molecule has 0 radical (unpaired) electrons. The SMILES string of the molecule is CCOC(=O)c1cn(-c2cc(Nc3cc(C#N)cc(C(C)(C)C)c3)cnc2C)nn1. The second-order valence-corrected chi connectivity index (χ2v) is 7.88. The van der Waals surface area contributed by atoms with Gasteiger partial charge in [-0.05, 0) is 49.1 Å². The van der Waals surface area contributed by atoms with Crippen molar-refractivity contribution in [2.24, 2.45) is 0 Å². The van der Waals surface area contributed by atoms with Crippen molar-refractivity contribution in [1.29, 1.82) is 5.26 Å². The Morgan fingerprint density at radius 1 is 1.23 bits per heavy atom. The summed E-state index contributed by atoms with van der Waals surface area (Å²) in [5.74, 6) is -0.522. The summed E-state index contributed by atoms with van der Waals surface area (Å²) in [5, 5.41) is 20.6. The molecule has 0 amide bonds. The summed E-state index contributed by atoms with van der Waals surface area (Å²) in [4.78, 5) is 16.3. The van der Waals surface area contributed by atoms with Gasteiger partial charge in [-0.25, -0.2) is 9.48 Å². The molecule has 3 aromatic rings. The van der Waals surface area contributed by atoms with Gasteiger partial charge in [-0.2, -0.15) is 5.26 Å². The summed E-state index contributed by atoms with van der Waals surface area (Å²) < 4.78 is 6.45. The molecule has 0 saturated heterocycles. The zero-order valence-corrected chi connectivity index (χ0v) is 17.7. The summed E-state index contributed by atoms with van der Waals surface area (Å²) >= 11 is 0. The van der Waals surface area contributed by atoms with Crippen LogP contribution in [0, 0.1) is 18.3 Å². The maximum Gasteiger partial charge on any atom is 0.360 e. The molecule has 2 aromatic heterocycles. The summed E-state index contributed by atoms with van der Waals surface area (Å²) in [6, 6.07) is 9.79. The number of hydrogen-bond donors (Lipinski definition) is 1. The molecule has 3 rings (SSSR count). The summed E-state index contributed by atoms with van der Waals surface area (Å²) in [6.45, 7) is 10.2. The average Bonchev–Trinajstić information content (AvgIpc) is 3.19. The van der Waals surface area contributed by atoms with Crippen molar-refractivity contribution in [2.45, 2.75) is 40.0 Å². The van der Waals surface area contributed by atoms with Crippen molar-refractivity contribution in [3.8, 4) is 11.8 Å². The number of rotatable bonds is 5. The molecule has 0 saturated carbocycles. The summed E-state index contributed by atoms with van der Waals surface area (Å²) in [5.41, 5.74) is 4.59. The van der Waals surface area contributed by atoms with Crippen molar-refractivity contribution in [3.05, 3.63) is 59.2 Å². The fourth-order valence-electron chi connectivity index (χ4n) is 2.87. The van der Waals surface area contributed by atoms with E-state index >= 15 is 0 Å². The number of pyridine rings is 1. The first kappa shape index (κ1) is 21.0. The molecule has 0 aliphatic rings. The fraction of sp³-hybridized carbons (Fsp3) is 0.318. The van der Waals surface area contributed by atoms with Gasteiger partial charge in [0, 0.05) is 5.69 Å². The molecule has 2 heterocycles. The molecule has 0 fully saturated rings. The molecular weight excluding hydrogens is 380 g/mol. The van der Waals surface area contributed by atoms with Gasteiger partial charge in [-0.15, -0.1) is 5.10 Å². The molecule has 0 aliphatic heterocycles. The molecule has 30 heavy (non-hydrogen) atoms. The first-order chi connectivity index (χ1) is 14.2. The van der Waals surface area contributed by atoms with Gasteiger partial charge in [-0.1, -0.05) is 26.0 Å². The quantitative estimate of drug-likeness (QED) is 0.639. The van der Waals surface area contributed by atoms with Crippen molar-refractivity contribution in [2.75, 3.05) is 11.9 Å². The lowest BCUT2D eigenvalue weighted by molar-refractivity contribution is 0.0519. The number of aromatic nitrogens is 4. The van der Waals surface area contributed by atoms with Crippen LogP contribution in [0.5, 0.6) is 0 Å². The van der Waals surface area contributed by atoms with E-state index in [1.165, 1.54) is 10.9 Å². The predicted molar refractivity (Wildman–Crippen MR) is 113 cm³/mol. The number of hydrogen-bond acceptors (Lipinski definition) is 7. The van der Waals surface area contributed by atoms with Gasteiger partial charge in [0.2, 0.25) is 0 Å². The lowest BCUT2D eigenvalue weighted by Crippen LogP contribution is -2.11. The highest BCUT2D eigenvalue weighted by Gasteiger charge is 2.17. The Morgan fingerprint density at radius 2 is 2.00 bits per heavy atom. The fourth-order valence-corrected chi connectivity index (χ4v) is 2.87. The van der Waals surface area contributed by atoms with E-state index in [1.54, 1.807) is 19.2 Å². The van der Waals surface area contributed by atoms with E-state index in [0.29, 0.717) is 11.3 Å². The third-order valence-electron chi connectivity index (χ3n) is 4.50. The number of benzene rings is 1. The highest BCUT2D eigenvalue weighted by Crippen LogP contribution is 2.28. The Balaban J connectivity index is 1.93. The number of carbonyl (C=O) groups is 1. The molecule has 0 atom stereocenters. The minimum Gasteiger partial charge on any atom is -0.461 e. The minimum atomic E-state index is -0.522. The van der Waals surface area contributed by atoms with E-state index in [2.05, 4.69) is 47.5 Å². The first-order valence-corrected chi connectivity index (χ1v) is 9.60. The molecule has 0 bridgehead atoms. The van der Waals surface area contributed by atoms with E-state index in [1.807, 2.05) is 25.1 Å². The van der Waals surface area contributed by atoms with Gasteiger partial charge in [-0.3, -0.25) is 4.98 Å². The zero-order chi connectivity index (χ0) is 21.9. The van der Waals surface area contributed by atoms with E-state index in [0.717, 1.165) is 22.6 Å². The number of carbonyl (C=O) groups excluding carboxylic acids is 1.